The molecule has 0 aliphatic heterocycles. The molecule has 88 valence electrons. The molecule has 0 fully saturated rings. The summed E-state index contributed by atoms with van der Waals surface area (Å²) in [5.41, 5.74) is 0.818. The minimum absolute atomic E-state index is 0.288. The van der Waals surface area contributed by atoms with Crippen LogP contribution in [0.1, 0.15) is 18.9 Å². The molecule has 0 heterocycles. The molecule has 0 bridgehead atoms. The van der Waals surface area contributed by atoms with E-state index in [4.69, 9.17) is 9.16 Å². The monoisotopic (exact) mass is 238 g/mol. The number of phenols is 1. The zero-order valence-corrected chi connectivity index (χ0v) is 10.6. The van der Waals surface area contributed by atoms with Gasteiger partial charge in [0.05, 0.1) is 19.8 Å². The van der Waals surface area contributed by atoms with Crippen molar-refractivity contribution in [3.8, 4) is 5.75 Å². The smallest absolute Gasteiger partial charge is 0.229 e. The first-order chi connectivity index (χ1) is 7.84. The highest BCUT2D eigenvalue weighted by Gasteiger charge is 1.99. The third kappa shape index (κ3) is 5.30. The van der Waals surface area contributed by atoms with E-state index in [0.29, 0.717) is 29.6 Å². The normalized spacial score (nSPS) is 10.6. The summed E-state index contributed by atoms with van der Waals surface area (Å²) >= 11 is 0. The number of phenolic OH excluding ortho intramolecular Hbond substituents is 1. The van der Waals surface area contributed by atoms with Gasteiger partial charge in [0.25, 0.3) is 0 Å². The maximum atomic E-state index is 9.47. The Balaban J connectivity index is 2.05. The second kappa shape index (κ2) is 8.33. The molecule has 0 aliphatic rings. The van der Waals surface area contributed by atoms with Crippen molar-refractivity contribution in [1.29, 1.82) is 0 Å². The van der Waals surface area contributed by atoms with E-state index in [1.807, 2.05) is 12.1 Å². The van der Waals surface area contributed by atoms with Gasteiger partial charge in [0.2, 0.25) is 9.76 Å². The minimum Gasteiger partial charge on any atom is -0.508 e. The molecule has 0 aromatic heterocycles. The van der Waals surface area contributed by atoms with Gasteiger partial charge in [-0.05, 0) is 12.1 Å². The van der Waals surface area contributed by atoms with Crippen molar-refractivity contribution in [2.45, 2.75) is 26.0 Å². The topological polar surface area (TPSA) is 38.7 Å². The lowest BCUT2D eigenvalue weighted by Crippen LogP contribution is -2.07. The second-order valence-electron chi connectivity index (χ2n) is 3.42. The van der Waals surface area contributed by atoms with E-state index in [-0.39, 0.29) is 5.75 Å². The fourth-order valence-electron chi connectivity index (χ4n) is 1.16. The van der Waals surface area contributed by atoms with Crippen LogP contribution in [0.3, 0.4) is 0 Å². The molecule has 1 rings (SSSR count). The number of benzene rings is 1. The third-order valence-electron chi connectivity index (χ3n) is 2.03. The number of ether oxygens (including phenoxy) is 1. The van der Waals surface area contributed by atoms with E-state index in [2.05, 4.69) is 6.92 Å². The van der Waals surface area contributed by atoms with Crippen molar-refractivity contribution in [2.24, 2.45) is 0 Å². The molecule has 0 saturated heterocycles. The van der Waals surface area contributed by atoms with Gasteiger partial charge in [-0.25, -0.2) is 0 Å². The van der Waals surface area contributed by atoms with E-state index >= 15 is 0 Å². The van der Waals surface area contributed by atoms with Gasteiger partial charge in [0.15, 0.2) is 0 Å². The Bertz CT molecular complexity index is 291. The van der Waals surface area contributed by atoms with Crippen LogP contribution in [0.25, 0.3) is 0 Å². The Kier molecular flexibility index (Phi) is 6.88. The summed E-state index contributed by atoms with van der Waals surface area (Å²) in [4.78, 5) is 0. The summed E-state index contributed by atoms with van der Waals surface area (Å²) in [6, 6.07) is 8.33. The number of rotatable bonds is 8. The molecule has 0 saturated carbocycles. The van der Waals surface area contributed by atoms with Crippen LogP contribution >= 0.6 is 0 Å². The Labute approximate surface area is 99.3 Å². The summed E-state index contributed by atoms with van der Waals surface area (Å²) in [5.74, 6) is 0.288. The fraction of sp³-hybridized carbons (Fsp3) is 0.500. The van der Waals surface area contributed by atoms with Crippen LogP contribution in [0.5, 0.6) is 5.75 Å². The molecule has 0 unspecified atom stereocenters. The summed E-state index contributed by atoms with van der Waals surface area (Å²) in [6.45, 7) is 3.79. The zero-order valence-electron chi connectivity index (χ0n) is 9.61. The fourth-order valence-corrected chi connectivity index (χ4v) is 1.74. The highest BCUT2D eigenvalue weighted by molar-refractivity contribution is 6.26. The van der Waals surface area contributed by atoms with Crippen LogP contribution in [0.4, 0.5) is 0 Å². The molecule has 4 heteroatoms. The van der Waals surface area contributed by atoms with Crippen molar-refractivity contribution >= 4 is 9.76 Å². The predicted molar refractivity (Wildman–Crippen MR) is 64.6 cm³/mol. The van der Waals surface area contributed by atoms with Crippen molar-refractivity contribution in [3.05, 3.63) is 29.8 Å². The average Bonchev–Trinajstić information content (AvgIpc) is 2.30. The summed E-state index contributed by atoms with van der Waals surface area (Å²) < 4.78 is 10.8. The van der Waals surface area contributed by atoms with E-state index in [0.717, 1.165) is 18.0 Å². The quantitative estimate of drug-likeness (QED) is 0.558. The van der Waals surface area contributed by atoms with E-state index in [9.17, 15) is 5.11 Å². The van der Waals surface area contributed by atoms with Crippen LogP contribution < -0.4 is 0 Å². The van der Waals surface area contributed by atoms with Crippen molar-refractivity contribution in [3.63, 3.8) is 0 Å². The van der Waals surface area contributed by atoms with Crippen LogP contribution in [-0.4, -0.2) is 28.1 Å². The summed E-state index contributed by atoms with van der Waals surface area (Å²) in [5, 5.41) is 9.47. The predicted octanol–water partition coefficient (Wildman–Crippen LogP) is 2.37. The highest BCUT2D eigenvalue weighted by atomic mass is 28.2. The zero-order chi connectivity index (χ0) is 11.6. The number of hydrogen-bond acceptors (Lipinski definition) is 3. The molecular weight excluding hydrogens is 220 g/mol. The standard InChI is InChI=1S/C12H18O3Si/c1-2-9-16-15-8-7-14-10-11-5-3-4-6-12(11)13/h3-6,13H,2,7-10H2,1H3. The molecule has 1 aromatic carbocycles. The van der Waals surface area contributed by atoms with Crippen LogP contribution in [0, 0.1) is 0 Å². The van der Waals surface area contributed by atoms with Gasteiger partial charge in [0.1, 0.15) is 5.75 Å². The maximum Gasteiger partial charge on any atom is 0.229 e. The molecule has 2 radical (unpaired) electrons. The lowest BCUT2D eigenvalue weighted by Gasteiger charge is -2.06. The molecule has 0 amide bonds. The molecule has 0 aliphatic carbocycles. The minimum atomic E-state index is 0.288. The lowest BCUT2D eigenvalue weighted by molar-refractivity contribution is 0.0889. The molecule has 16 heavy (non-hydrogen) atoms. The highest BCUT2D eigenvalue weighted by Crippen LogP contribution is 2.15. The van der Waals surface area contributed by atoms with Crippen molar-refractivity contribution in [2.75, 3.05) is 13.2 Å². The van der Waals surface area contributed by atoms with Crippen molar-refractivity contribution in [1.82, 2.24) is 0 Å². The van der Waals surface area contributed by atoms with Gasteiger partial charge in [-0.15, -0.1) is 0 Å². The first-order valence-electron chi connectivity index (χ1n) is 5.54. The van der Waals surface area contributed by atoms with Crippen LogP contribution in [0.15, 0.2) is 24.3 Å². The Morgan fingerprint density at radius 1 is 1.25 bits per heavy atom. The summed E-state index contributed by atoms with van der Waals surface area (Å²) in [7, 11) is 0.578. The molecular formula is C12H18O3Si. The SMILES string of the molecule is CCC[Si]OCCOCc1ccccc1O. The van der Waals surface area contributed by atoms with Gasteiger partial charge >= 0.3 is 0 Å². The van der Waals surface area contributed by atoms with Crippen molar-refractivity contribution < 1.29 is 14.3 Å². The third-order valence-corrected chi connectivity index (χ3v) is 3.15. The lowest BCUT2D eigenvalue weighted by atomic mass is 10.2. The maximum absolute atomic E-state index is 9.47. The molecule has 0 spiro atoms. The van der Waals surface area contributed by atoms with Gasteiger partial charge in [-0.3, -0.25) is 0 Å². The number of para-hydroxylation sites is 1. The largest absolute Gasteiger partial charge is 0.508 e. The Morgan fingerprint density at radius 3 is 2.81 bits per heavy atom. The van der Waals surface area contributed by atoms with E-state index < -0.39 is 0 Å². The van der Waals surface area contributed by atoms with Gasteiger partial charge in [-0.1, -0.05) is 31.5 Å². The first kappa shape index (κ1) is 13.2. The molecule has 3 nitrogen and oxygen atoms in total. The average molecular weight is 238 g/mol. The second-order valence-corrected chi connectivity index (χ2v) is 4.50. The van der Waals surface area contributed by atoms with Crippen LogP contribution in [0.2, 0.25) is 6.04 Å². The van der Waals surface area contributed by atoms with E-state index in [1.165, 1.54) is 0 Å². The van der Waals surface area contributed by atoms with Gasteiger partial charge in [-0.2, -0.15) is 0 Å². The first-order valence-corrected chi connectivity index (χ1v) is 6.65. The Morgan fingerprint density at radius 2 is 2.06 bits per heavy atom. The molecule has 1 N–H and O–H groups in total. The van der Waals surface area contributed by atoms with Gasteiger partial charge < -0.3 is 14.3 Å². The summed E-state index contributed by atoms with van der Waals surface area (Å²) in [6.07, 6.45) is 1.16. The number of hydrogen-bond donors (Lipinski definition) is 1. The van der Waals surface area contributed by atoms with Gasteiger partial charge in [0, 0.05) is 5.56 Å². The van der Waals surface area contributed by atoms with E-state index in [1.54, 1.807) is 12.1 Å². The molecule has 0 atom stereocenters. The molecule has 1 aromatic rings. The number of aromatic hydroxyl groups is 1. The Hall–Kier alpha value is -0.843. The van der Waals surface area contributed by atoms with Crippen LogP contribution in [-0.2, 0) is 15.8 Å².